The second-order valence-corrected chi connectivity index (χ2v) is 5.94. The summed E-state index contributed by atoms with van der Waals surface area (Å²) in [6.07, 6.45) is 8.87. The molecule has 5 nitrogen and oxygen atoms in total. The fraction of sp³-hybridized carbons (Fsp3) is 0.278. The molecule has 23 heavy (non-hydrogen) atoms. The van der Waals surface area contributed by atoms with Crippen molar-refractivity contribution >= 4 is 11.7 Å². The topological polar surface area (TPSA) is 55.2 Å². The molecule has 1 aromatic carbocycles. The quantitative estimate of drug-likeness (QED) is 0.600. The van der Waals surface area contributed by atoms with E-state index in [1.807, 2.05) is 15.5 Å². The molecule has 1 aromatic heterocycles. The lowest BCUT2D eigenvalue weighted by Crippen LogP contribution is -2.30. The summed E-state index contributed by atoms with van der Waals surface area (Å²) in [5.74, 6) is 2.46. The molecular formula is C18H15N3O2. The minimum atomic E-state index is -0.106. The molecule has 4 rings (SSSR count). The first-order chi connectivity index (χ1) is 11.1. The molecule has 3 heterocycles. The second-order valence-electron chi connectivity index (χ2n) is 5.94. The Bertz CT molecular complexity index is 888. The Morgan fingerprint density at radius 3 is 3.00 bits per heavy atom. The lowest BCUT2D eigenvalue weighted by atomic mass is 10.1. The lowest BCUT2D eigenvalue weighted by Gasteiger charge is -2.22. The highest BCUT2D eigenvalue weighted by Gasteiger charge is 2.39. The fourth-order valence-corrected chi connectivity index (χ4v) is 3.60. The predicted molar refractivity (Wildman–Crippen MR) is 84.5 cm³/mol. The van der Waals surface area contributed by atoms with Crippen LogP contribution in [0, 0.1) is 12.3 Å². The van der Waals surface area contributed by atoms with Gasteiger partial charge in [-0.15, -0.1) is 6.42 Å². The van der Waals surface area contributed by atoms with Gasteiger partial charge in [-0.05, 0) is 31.0 Å². The number of aromatic nitrogens is 2. The minimum Gasteiger partial charge on any atom is -0.330 e. The third kappa shape index (κ3) is 1.85. The first-order valence-corrected chi connectivity index (χ1v) is 7.62. The van der Waals surface area contributed by atoms with Crippen LogP contribution >= 0.6 is 0 Å². The molecule has 114 valence electrons. The number of nitrogens with zero attached hydrogens (tertiary/aromatic N) is 3. The van der Waals surface area contributed by atoms with Gasteiger partial charge in [-0.2, -0.15) is 0 Å². The number of ketones is 1. The molecule has 5 heteroatoms. The molecule has 1 saturated heterocycles. The average molecular weight is 305 g/mol. The SMILES string of the molecule is C#Cc1ccc2c(c1)C(=O)N1CCC[C@H]1c1c(C(C)=O)ncn1-2. The number of benzene rings is 1. The van der Waals surface area contributed by atoms with E-state index in [2.05, 4.69) is 10.9 Å². The highest BCUT2D eigenvalue weighted by atomic mass is 16.2. The van der Waals surface area contributed by atoms with Gasteiger partial charge in [0, 0.05) is 19.0 Å². The van der Waals surface area contributed by atoms with E-state index in [-0.39, 0.29) is 17.7 Å². The lowest BCUT2D eigenvalue weighted by molar-refractivity contribution is 0.0736. The van der Waals surface area contributed by atoms with Crippen LogP contribution in [0.4, 0.5) is 0 Å². The third-order valence-electron chi connectivity index (χ3n) is 4.62. The number of hydrogen-bond donors (Lipinski definition) is 0. The van der Waals surface area contributed by atoms with Gasteiger partial charge in [0.1, 0.15) is 12.0 Å². The van der Waals surface area contributed by atoms with Gasteiger partial charge in [0.2, 0.25) is 0 Å². The summed E-state index contributed by atoms with van der Waals surface area (Å²) < 4.78 is 1.88. The maximum Gasteiger partial charge on any atom is 0.256 e. The molecule has 0 aliphatic carbocycles. The smallest absolute Gasteiger partial charge is 0.256 e. The first-order valence-electron chi connectivity index (χ1n) is 7.62. The Hall–Kier alpha value is -2.87. The summed E-state index contributed by atoms with van der Waals surface area (Å²) in [4.78, 5) is 31.1. The number of carbonyl (C=O) groups excluding carboxylic acids is 2. The van der Waals surface area contributed by atoms with Gasteiger partial charge in [0.15, 0.2) is 5.78 Å². The minimum absolute atomic E-state index is 0.0298. The van der Waals surface area contributed by atoms with Gasteiger partial charge in [-0.1, -0.05) is 5.92 Å². The summed E-state index contributed by atoms with van der Waals surface area (Å²) in [7, 11) is 0. The molecule has 1 atom stereocenters. The Labute approximate surface area is 133 Å². The van der Waals surface area contributed by atoms with Crippen molar-refractivity contribution in [2.45, 2.75) is 25.8 Å². The number of rotatable bonds is 1. The molecule has 0 spiro atoms. The van der Waals surface area contributed by atoms with Crippen LogP contribution in [0.2, 0.25) is 0 Å². The van der Waals surface area contributed by atoms with Crippen molar-refractivity contribution in [1.29, 1.82) is 0 Å². The molecule has 2 aliphatic heterocycles. The average Bonchev–Trinajstić information content (AvgIpc) is 3.17. The Morgan fingerprint density at radius 1 is 1.43 bits per heavy atom. The number of amides is 1. The van der Waals surface area contributed by atoms with Crippen LogP contribution in [0.1, 0.15) is 57.9 Å². The van der Waals surface area contributed by atoms with Gasteiger partial charge in [0.05, 0.1) is 23.0 Å². The maximum atomic E-state index is 13.0. The third-order valence-corrected chi connectivity index (χ3v) is 4.62. The molecule has 0 unspecified atom stereocenters. The second kappa shape index (κ2) is 4.82. The molecule has 2 aliphatic rings. The molecule has 0 saturated carbocycles. The van der Waals surface area contributed by atoms with Gasteiger partial charge in [-0.25, -0.2) is 4.98 Å². The monoisotopic (exact) mass is 305 g/mol. The van der Waals surface area contributed by atoms with E-state index in [4.69, 9.17) is 6.42 Å². The van der Waals surface area contributed by atoms with Crippen LogP contribution in [0.5, 0.6) is 0 Å². The van der Waals surface area contributed by atoms with Gasteiger partial charge in [0.25, 0.3) is 5.91 Å². The Morgan fingerprint density at radius 2 is 2.26 bits per heavy atom. The summed E-state index contributed by atoms with van der Waals surface area (Å²) in [5, 5.41) is 0. The number of terminal acetylenes is 1. The van der Waals surface area contributed by atoms with Crippen LogP contribution in [0.15, 0.2) is 24.5 Å². The largest absolute Gasteiger partial charge is 0.330 e. The van der Waals surface area contributed by atoms with Crippen molar-refractivity contribution in [3.05, 3.63) is 47.0 Å². The van der Waals surface area contributed by atoms with Crippen molar-refractivity contribution < 1.29 is 9.59 Å². The molecule has 1 fully saturated rings. The van der Waals surface area contributed by atoms with Crippen molar-refractivity contribution in [1.82, 2.24) is 14.5 Å². The molecule has 1 amide bonds. The zero-order chi connectivity index (χ0) is 16.1. The van der Waals surface area contributed by atoms with E-state index >= 15 is 0 Å². The first kappa shape index (κ1) is 13.8. The number of fused-ring (bicyclic) bond motifs is 5. The highest BCUT2D eigenvalue weighted by molar-refractivity contribution is 6.00. The van der Waals surface area contributed by atoms with Crippen molar-refractivity contribution in [2.75, 3.05) is 6.54 Å². The predicted octanol–water partition coefficient (Wildman–Crippen LogP) is 2.35. The van der Waals surface area contributed by atoms with Crippen molar-refractivity contribution in [3.8, 4) is 18.0 Å². The zero-order valence-corrected chi connectivity index (χ0v) is 12.7. The van der Waals surface area contributed by atoms with Crippen LogP contribution in [-0.2, 0) is 0 Å². The summed E-state index contributed by atoms with van der Waals surface area (Å²) >= 11 is 0. The fourth-order valence-electron chi connectivity index (χ4n) is 3.60. The normalized spacial score (nSPS) is 18.7. The standard InChI is InChI=1S/C18H15N3O2/c1-3-12-6-7-14-13(9-12)18(23)20-8-4-5-15(20)17-16(11(2)22)19-10-21(14)17/h1,6-7,9-10,15H,4-5,8H2,2H3/t15-/m0/s1. The maximum absolute atomic E-state index is 13.0. The summed E-state index contributed by atoms with van der Waals surface area (Å²) in [6.45, 7) is 2.20. The molecule has 2 aromatic rings. The van der Waals surface area contributed by atoms with Crippen molar-refractivity contribution in [3.63, 3.8) is 0 Å². The number of hydrogen-bond acceptors (Lipinski definition) is 3. The van der Waals surface area contributed by atoms with E-state index in [0.717, 1.165) is 24.2 Å². The van der Waals surface area contributed by atoms with E-state index in [9.17, 15) is 9.59 Å². The van der Waals surface area contributed by atoms with Gasteiger partial charge >= 0.3 is 0 Å². The van der Waals surface area contributed by atoms with Crippen LogP contribution < -0.4 is 0 Å². The van der Waals surface area contributed by atoms with E-state index in [0.29, 0.717) is 23.4 Å². The van der Waals surface area contributed by atoms with Crippen molar-refractivity contribution in [2.24, 2.45) is 0 Å². The molecule has 0 bridgehead atoms. The van der Waals surface area contributed by atoms with Gasteiger partial charge < -0.3 is 4.90 Å². The van der Waals surface area contributed by atoms with E-state index in [1.54, 1.807) is 18.5 Å². The molecule has 0 radical (unpaired) electrons. The number of imidazole rings is 1. The summed E-state index contributed by atoms with van der Waals surface area (Å²) in [6, 6.07) is 5.28. The Kier molecular flexibility index (Phi) is 2.88. The summed E-state index contributed by atoms with van der Waals surface area (Å²) in [5.41, 5.74) is 3.24. The van der Waals surface area contributed by atoms with Crippen LogP contribution in [-0.4, -0.2) is 32.7 Å². The van der Waals surface area contributed by atoms with Gasteiger partial charge in [-0.3, -0.25) is 14.2 Å². The number of carbonyl (C=O) groups is 2. The number of Topliss-reactive ketones (excluding diaryl/α,β-unsaturated/α-hetero) is 1. The molecule has 0 N–H and O–H groups in total. The van der Waals surface area contributed by atoms with E-state index < -0.39 is 0 Å². The van der Waals surface area contributed by atoms with Crippen LogP contribution in [0.25, 0.3) is 5.69 Å². The molecular weight excluding hydrogens is 290 g/mol. The van der Waals surface area contributed by atoms with E-state index in [1.165, 1.54) is 6.92 Å². The zero-order valence-electron chi connectivity index (χ0n) is 12.7. The Balaban J connectivity index is 2.04. The highest BCUT2D eigenvalue weighted by Crippen LogP contribution is 2.39. The van der Waals surface area contributed by atoms with Crippen LogP contribution in [0.3, 0.4) is 0 Å².